The molecule has 1 saturated carbocycles. The van der Waals surface area contributed by atoms with Crippen molar-refractivity contribution in [2.45, 2.75) is 51.1 Å². The van der Waals surface area contributed by atoms with E-state index in [1.165, 1.54) is 30.4 Å². The third-order valence-electron chi connectivity index (χ3n) is 3.75. The first-order valence-corrected chi connectivity index (χ1v) is 6.79. The van der Waals surface area contributed by atoms with Crippen LogP contribution in [-0.4, -0.2) is 12.6 Å². The summed E-state index contributed by atoms with van der Waals surface area (Å²) >= 11 is 0. The fourth-order valence-electron chi connectivity index (χ4n) is 2.01. The number of nitrogens with two attached hydrogens (primary N) is 1. The van der Waals surface area contributed by atoms with E-state index in [9.17, 15) is 0 Å². The van der Waals surface area contributed by atoms with Crippen molar-refractivity contribution in [1.29, 1.82) is 0 Å². The van der Waals surface area contributed by atoms with Gasteiger partial charge >= 0.3 is 0 Å². The molecule has 1 aromatic rings. The van der Waals surface area contributed by atoms with Gasteiger partial charge in [-0.05, 0) is 36.3 Å². The van der Waals surface area contributed by atoms with Crippen molar-refractivity contribution in [3.05, 3.63) is 35.4 Å². The van der Waals surface area contributed by atoms with E-state index in [0.29, 0.717) is 5.92 Å². The Balaban J connectivity index is 1.91. The van der Waals surface area contributed by atoms with E-state index >= 15 is 0 Å². The minimum absolute atomic E-state index is 0.126. The van der Waals surface area contributed by atoms with Crippen LogP contribution in [0.2, 0.25) is 0 Å². The van der Waals surface area contributed by atoms with Crippen LogP contribution in [-0.2, 0) is 0 Å². The molecule has 94 valence electrons. The molecule has 1 aliphatic carbocycles. The molecule has 0 spiro atoms. The van der Waals surface area contributed by atoms with Crippen molar-refractivity contribution >= 4 is 0 Å². The van der Waals surface area contributed by atoms with Gasteiger partial charge in [0.25, 0.3) is 0 Å². The molecule has 2 unspecified atom stereocenters. The fraction of sp³-hybridized carbons (Fsp3) is 0.600. The Morgan fingerprint density at radius 1 is 1.24 bits per heavy atom. The highest BCUT2D eigenvalue weighted by molar-refractivity contribution is 5.27. The first kappa shape index (κ1) is 12.6. The first-order valence-electron chi connectivity index (χ1n) is 6.79. The van der Waals surface area contributed by atoms with E-state index in [1.807, 2.05) is 0 Å². The number of nitrogens with one attached hydrogen (secondary N) is 1. The zero-order chi connectivity index (χ0) is 12.3. The summed E-state index contributed by atoms with van der Waals surface area (Å²) in [6, 6.07) is 9.67. The Labute approximate surface area is 105 Å². The molecule has 0 aliphatic heterocycles. The van der Waals surface area contributed by atoms with Gasteiger partial charge in [-0.25, -0.2) is 0 Å². The number of rotatable bonds is 6. The molecule has 3 N–H and O–H groups in total. The highest BCUT2D eigenvalue weighted by atomic mass is 15.0. The summed E-state index contributed by atoms with van der Waals surface area (Å²) < 4.78 is 0. The summed E-state index contributed by atoms with van der Waals surface area (Å²) in [5.41, 5.74) is 8.82. The second kappa shape index (κ2) is 5.65. The molecule has 0 bridgehead atoms. The predicted molar refractivity (Wildman–Crippen MR) is 73.1 cm³/mol. The largest absolute Gasteiger partial charge is 0.323 e. The molecule has 2 atom stereocenters. The van der Waals surface area contributed by atoms with E-state index in [1.54, 1.807) is 0 Å². The second-order valence-electron chi connectivity index (χ2n) is 5.26. The van der Waals surface area contributed by atoms with Gasteiger partial charge in [0.2, 0.25) is 0 Å². The van der Waals surface area contributed by atoms with Crippen LogP contribution in [0.3, 0.4) is 0 Å². The maximum absolute atomic E-state index is 6.17. The third-order valence-corrected chi connectivity index (χ3v) is 3.75. The van der Waals surface area contributed by atoms with Crippen molar-refractivity contribution < 1.29 is 0 Å². The van der Waals surface area contributed by atoms with Gasteiger partial charge < -0.3 is 11.1 Å². The van der Waals surface area contributed by atoms with Crippen molar-refractivity contribution in [2.24, 2.45) is 5.73 Å². The summed E-state index contributed by atoms with van der Waals surface area (Å²) in [7, 11) is 0. The van der Waals surface area contributed by atoms with Crippen LogP contribution in [0.15, 0.2) is 24.3 Å². The van der Waals surface area contributed by atoms with E-state index in [0.717, 1.165) is 12.6 Å². The van der Waals surface area contributed by atoms with Crippen LogP contribution in [0.25, 0.3) is 0 Å². The number of benzene rings is 1. The average molecular weight is 232 g/mol. The zero-order valence-electron chi connectivity index (χ0n) is 10.9. The predicted octanol–water partition coefficient (Wildman–Crippen LogP) is 2.95. The fourth-order valence-corrected chi connectivity index (χ4v) is 2.01. The molecule has 2 heteroatoms. The van der Waals surface area contributed by atoms with Gasteiger partial charge in [-0.2, -0.15) is 0 Å². The lowest BCUT2D eigenvalue weighted by Crippen LogP contribution is -2.28. The van der Waals surface area contributed by atoms with Crippen molar-refractivity contribution in [3.63, 3.8) is 0 Å². The van der Waals surface area contributed by atoms with E-state index in [2.05, 4.69) is 43.4 Å². The smallest absolute Gasteiger partial charge is 0.0421 e. The van der Waals surface area contributed by atoms with Crippen LogP contribution in [0.4, 0.5) is 0 Å². The SMILES string of the molecule is CCC(C)c1ccc(C(N)CNC2CC2)cc1. The minimum Gasteiger partial charge on any atom is -0.323 e. The lowest BCUT2D eigenvalue weighted by Gasteiger charge is -2.15. The highest BCUT2D eigenvalue weighted by Gasteiger charge is 2.21. The van der Waals surface area contributed by atoms with E-state index in [4.69, 9.17) is 5.73 Å². The van der Waals surface area contributed by atoms with Crippen molar-refractivity contribution in [3.8, 4) is 0 Å². The lowest BCUT2D eigenvalue weighted by atomic mass is 9.96. The zero-order valence-corrected chi connectivity index (χ0v) is 10.9. The molecule has 1 aromatic carbocycles. The summed E-state index contributed by atoms with van der Waals surface area (Å²) in [6.07, 6.45) is 3.83. The lowest BCUT2D eigenvalue weighted by molar-refractivity contribution is 0.595. The summed E-state index contributed by atoms with van der Waals surface area (Å²) in [6.45, 7) is 5.39. The van der Waals surface area contributed by atoms with Crippen LogP contribution >= 0.6 is 0 Å². The molecule has 1 aliphatic rings. The van der Waals surface area contributed by atoms with Gasteiger partial charge in [0.1, 0.15) is 0 Å². The summed E-state index contributed by atoms with van der Waals surface area (Å²) in [4.78, 5) is 0. The molecule has 0 heterocycles. The molecule has 0 radical (unpaired) electrons. The van der Waals surface area contributed by atoms with Crippen molar-refractivity contribution in [1.82, 2.24) is 5.32 Å². The van der Waals surface area contributed by atoms with Crippen LogP contribution in [0.5, 0.6) is 0 Å². The van der Waals surface area contributed by atoms with Gasteiger partial charge in [0.05, 0.1) is 0 Å². The molecule has 2 rings (SSSR count). The summed E-state index contributed by atoms with van der Waals surface area (Å²) in [5, 5.41) is 3.48. The van der Waals surface area contributed by atoms with Gasteiger partial charge in [-0.3, -0.25) is 0 Å². The maximum atomic E-state index is 6.17. The molecule has 17 heavy (non-hydrogen) atoms. The minimum atomic E-state index is 0.126. The maximum Gasteiger partial charge on any atom is 0.0421 e. The van der Waals surface area contributed by atoms with Gasteiger partial charge in [-0.15, -0.1) is 0 Å². The second-order valence-corrected chi connectivity index (χ2v) is 5.26. The monoisotopic (exact) mass is 232 g/mol. The average Bonchev–Trinajstić information content (AvgIpc) is 3.19. The normalized spacial score (nSPS) is 19.0. The molecule has 0 amide bonds. The van der Waals surface area contributed by atoms with Gasteiger partial charge in [0, 0.05) is 18.6 Å². The van der Waals surface area contributed by atoms with Crippen molar-refractivity contribution in [2.75, 3.05) is 6.54 Å². The third kappa shape index (κ3) is 3.55. The van der Waals surface area contributed by atoms with Gasteiger partial charge in [0.15, 0.2) is 0 Å². The standard InChI is InChI=1S/C15H24N2/c1-3-11(2)12-4-6-13(7-5-12)15(16)10-17-14-8-9-14/h4-7,11,14-15,17H,3,8-10,16H2,1-2H3. The molecule has 0 saturated heterocycles. The molecular weight excluding hydrogens is 208 g/mol. The Morgan fingerprint density at radius 2 is 1.82 bits per heavy atom. The van der Waals surface area contributed by atoms with Crippen LogP contribution in [0.1, 0.15) is 56.2 Å². The molecular formula is C15H24N2. The highest BCUT2D eigenvalue weighted by Crippen LogP contribution is 2.22. The topological polar surface area (TPSA) is 38.0 Å². The number of hydrogen-bond donors (Lipinski definition) is 2. The van der Waals surface area contributed by atoms with E-state index < -0.39 is 0 Å². The summed E-state index contributed by atoms with van der Waals surface area (Å²) in [5.74, 6) is 0.643. The Kier molecular flexibility index (Phi) is 4.19. The Morgan fingerprint density at radius 3 is 2.35 bits per heavy atom. The Hall–Kier alpha value is -0.860. The van der Waals surface area contributed by atoms with E-state index in [-0.39, 0.29) is 6.04 Å². The van der Waals surface area contributed by atoms with Crippen LogP contribution in [0, 0.1) is 0 Å². The number of hydrogen-bond acceptors (Lipinski definition) is 2. The molecule has 0 aromatic heterocycles. The van der Waals surface area contributed by atoms with Crippen LogP contribution < -0.4 is 11.1 Å². The van der Waals surface area contributed by atoms with Gasteiger partial charge in [-0.1, -0.05) is 38.1 Å². The molecule has 2 nitrogen and oxygen atoms in total. The quantitative estimate of drug-likeness (QED) is 0.791. The first-order chi connectivity index (χ1) is 8.20. The molecule has 1 fully saturated rings. The Bertz CT molecular complexity index is 340.